The molecule has 2 aromatic carbocycles. The number of piperazine rings is 1. The molecule has 0 spiro atoms. The minimum absolute atomic E-state index is 0.257. The van der Waals surface area contributed by atoms with Crippen molar-refractivity contribution in [1.29, 1.82) is 0 Å². The number of ether oxygens (including phenoxy) is 1. The summed E-state index contributed by atoms with van der Waals surface area (Å²) in [7, 11) is 1.46. The van der Waals surface area contributed by atoms with Gasteiger partial charge in [0.05, 0.1) is 12.8 Å². The van der Waals surface area contributed by atoms with Gasteiger partial charge in [0.15, 0.2) is 11.6 Å². The molecule has 3 aromatic rings. The number of methoxy groups -OCH3 is 1. The fraction of sp³-hybridized carbons (Fsp3) is 0.350. The number of hydrogen-bond donors (Lipinski definition) is 0. The first-order chi connectivity index (χ1) is 14.1. The van der Waals surface area contributed by atoms with Crippen molar-refractivity contribution in [1.82, 2.24) is 29.6 Å². The van der Waals surface area contributed by atoms with Gasteiger partial charge in [-0.3, -0.25) is 9.80 Å². The zero-order valence-electron chi connectivity index (χ0n) is 16.2. The van der Waals surface area contributed by atoms with E-state index in [0.717, 1.165) is 31.7 Å². The molecule has 29 heavy (non-hydrogen) atoms. The molecule has 0 aliphatic carbocycles. The van der Waals surface area contributed by atoms with Gasteiger partial charge in [-0.2, -0.15) is 9.36 Å². The lowest BCUT2D eigenvalue weighted by Gasteiger charge is -2.34. The first kappa shape index (κ1) is 19.3. The highest BCUT2D eigenvalue weighted by Gasteiger charge is 2.19. The molecule has 0 saturated carbocycles. The Morgan fingerprint density at radius 3 is 2.41 bits per heavy atom. The Labute approximate surface area is 167 Å². The van der Waals surface area contributed by atoms with Gasteiger partial charge in [-0.15, -0.1) is 0 Å². The van der Waals surface area contributed by atoms with Gasteiger partial charge in [0.2, 0.25) is 0 Å². The largest absolute Gasteiger partial charge is 0.494 e. The van der Waals surface area contributed by atoms with Crippen LogP contribution in [0.1, 0.15) is 5.56 Å². The van der Waals surface area contributed by atoms with Crippen LogP contribution in [0.15, 0.2) is 53.3 Å². The Balaban J connectivity index is 1.33. The summed E-state index contributed by atoms with van der Waals surface area (Å²) in [5, 5.41) is 7.99. The van der Waals surface area contributed by atoms with Gasteiger partial charge in [0.1, 0.15) is 6.67 Å². The first-order valence-corrected chi connectivity index (χ1v) is 9.49. The summed E-state index contributed by atoms with van der Waals surface area (Å²) < 4.78 is 21.5. The smallest absolute Gasteiger partial charge is 0.369 e. The number of nitrogens with zero attached hydrogens (tertiary/aromatic N) is 6. The van der Waals surface area contributed by atoms with Crippen LogP contribution in [0.25, 0.3) is 5.69 Å². The van der Waals surface area contributed by atoms with E-state index in [1.807, 2.05) is 36.4 Å². The highest BCUT2D eigenvalue weighted by molar-refractivity contribution is 5.29. The lowest BCUT2D eigenvalue weighted by molar-refractivity contribution is 0.0968. The molecule has 1 aliphatic heterocycles. The number of benzene rings is 2. The molecule has 0 N–H and O–H groups in total. The Kier molecular flexibility index (Phi) is 5.68. The van der Waals surface area contributed by atoms with E-state index >= 15 is 0 Å². The fourth-order valence-corrected chi connectivity index (χ4v) is 3.44. The number of halogens is 1. The standard InChI is InChI=1S/C20H23FN6O2/c1-29-19-8-7-16(13-18(19)21)14-24-9-11-25(12-10-24)15-26-20(28)27(23-22-26)17-5-3-2-4-6-17/h2-8,13H,9-12,14-15H2,1H3. The number of para-hydroxylation sites is 1. The van der Waals surface area contributed by atoms with Crippen LogP contribution in [0, 0.1) is 5.82 Å². The average molecular weight is 398 g/mol. The second kappa shape index (κ2) is 8.54. The highest BCUT2D eigenvalue weighted by Crippen LogP contribution is 2.19. The van der Waals surface area contributed by atoms with E-state index in [4.69, 9.17) is 4.74 Å². The quantitative estimate of drug-likeness (QED) is 0.625. The molecule has 1 saturated heterocycles. The van der Waals surface area contributed by atoms with E-state index in [0.29, 0.717) is 18.9 Å². The van der Waals surface area contributed by atoms with Crippen molar-refractivity contribution in [2.45, 2.75) is 13.2 Å². The lowest BCUT2D eigenvalue weighted by atomic mass is 10.2. The Bertz CT molecular complexity index is 1010. The molecule has 4 rings (SSSR count). The first-order valence-electron chi connectivity index (χ1n) is 9.49. The molecule has 8 nitrogen and oxygen atoms in total. The molecule has 1 aromatic heterocycles. The summed E-state index contributed by atoms with van der Waals surface area (Å²) in [6.07, 6.45) is 0. The lowest BCUT2D eigenvalue weighted by Crippen LogP contribution is -2.47. The van der Waals surface area contributed by atoms with Gasteiger partial charge in [0, 0.05) is 32.7 Å². The monoisotopic (exact) mass is 398 g/mol. The maximum absolute atomic E-state index is 13.9. The van der Waals surface area contributed by atoms with Gasteiger partial charge in [-0.1, -0.05) is 24.3 Å². The van der Waals surface area contributed by atoms with Gasteiger partial charge in [-0.25, -0.2) is 9.18 Å². The van der Waals surface area contributed by atoms with E-state index in [1.54, 1.807) is 6.07 Å². The number of tetrazole rings is 1. The van der Waals surface area contributed by atoms with E-state index in [2.05, 4.69) is 20.2 Å². The third-order valence-electron chi connectivity index (χ3n) is 5.06. The summed E-state index contributed by atoms with van der Waals surface area (Å²) in [5.74, 6) is -0.0860. The Morgan fingerprint density at radius 2 is 1.72 bits per heavy atom. The van der Waals surface area contributed by atoms with Crippen LogP contribution in [0.5, 0.6) is 5.75 Å². The summed E-state index contributed by atoms with van der Waals surface area (Å²) in [5.41, 5.74) is 1.35. The second-order valence-corrected chi connectivity index (χ2v) is 7.01. The molecule has 0 radical (unpaired) electrons. The predicted molar refractivity (Wildman–Crippen MR) is 105 cm³/mol. The van der Waals surface area contributed by atoms with Crippen LogP contribution < -0.4 is 10.4 Å². The minimum Gasteiger partial charge on any atom is -0.494 e. The van der Waals surface area contributed by atoms with Crippen molar-refractivity contribution >= 4 is 0 Å². The zero-order chi connectivity index (χ0) is 20.2. The van der Waals surface area contributed by atoms with E-state index in [-0.39, 0.29) is 17.3 Å². The third-order valence-corrected chi connectivity index (χ3v) is 5.06. The van der Waals surface area contributed by atoms with Crippen LogP contribution in [-0.4, -0.2) is 62.9 Å². The molecular weight excluding hydrogens is 375 g/mol. The molecule has 1 fully saturated rings. The van der Waals surface area contributed by atoms with Crippen LogP contribution in [-0.2, 0) is 13.2 Å². The summed E-state index contributed by atoms with van der Waals surface area (Å²) in [6, 6.07) is 14.3. The van der Waals surface area contributed by atoms with Gasteiger partial charge in [0.25, 0.3) is 0 Å². The zero-order valence-corrected chi connectivity index (χ0v) is 16.2. The summed E-state index contributed by atoms with van der Waals surface area (Å²) >= 11 is 0. The normalized spacial score (nSPS) is 15.5. The van der Waals surface area contributed by atoms with E-state index in [1.165, 1.54) is 22.5 Å². The topological polar surface area (TPSA) is 68.4 Å². The SMILES string of the molecule is COc1ccc(CN2CCN(Cn3nnn(-c4ccccc4)c3=O)CC2)cc1F. The molecule has 0 unspecified atom stereocenters. The molecule has 0 atom stereocenters. The number of rotatable bonds is 6. The maximum atomic E-state index is 13.9. The van der Waals surface area contributed by atoms with Crippen LogP contribution in [0.2, 0.25) is 0 Å². The molecule has 0 bridgehead atoms. The Morgan fingerprint density at radius 1 is 1.00 bits per heavy atom. The van der Waals surface area contributed by atoms with E-state index < -0.39 is 0 Å². The molecule has 1 aliphatic rings. The average Bonchev–Trinajstić information content (AvgIpc) is 3.10. The van der Waals surface area contributed by atoms with E-state index in [9.17, 15) is 9.18 Å². The molecule has 152 valence electrons. The van der Waals surface area contributed by atoms with Crippen molar-refractivity contribution in [3.8, 4) is 11.4 Å². The number of aromatic nitrogens is 4. The predicted octanol–water partition coefficient (Wildman–Crippen LogP) is 1.35. The van der Waals surface area contributed by atoms with Crippen molar-refractivity contribution in [2.75, 3.05) is 33.3 Å². The van der Waals surface area contributed by atoms with Gasteiger partial charge in [-0.05, 0) is 40.3 Å². The third kappa shape index (κ3) is 4.36. The Hall–Kier alpha value is -3.04. The minimum atomic E-state index is -0.343. The van der Waals surface area contributed by atoms with Crippen molar-refractivity contribution < 1.29 is 9.13 Å². The number of hydrogen-bond acceptors (Lipinski definition) is 6. The fourth-order valence-electron chi connectivity index (χ4n) is 3.44. The van der Waals surface area contributed by atoms with Gasteiger partial charge >= 0.3 is 5.69 Å². The second-order valence-electron chi connectivity index (χ2n) is 7.01. The van der Waals surface area contributed by atoms with Crippen molar-refractivity contribution in [3.05, 3.63) is 70.4 Å². The molecule has 0 amide bonds. The maximum Gasteiger partial charge on any atom is 0.369 e. The summed E-state index contributed by atoms with van der Waals surface area (Å²) in [6.45, 7) is 4.33. The summed E-state index contributed by atoms with van der Waals surface area (Å²) in [4.78, 5) is 17.0. The van der Waals surface area contributed by atoms with Crippen molar-refractivity contribution in [2.24, 2.45) is 0 Å². The van der Waals surface area contributed by atoms with Crippen molar-refractivity contribution in [3.63, 3.8) is 0 Å². The molecular formula is C20H23FN6O2. The van der Waals surface area contributed by atoms with Crippen LogP contribution in [0.3, 0.4) is 0 Å². The molecule has 9 heteroatoms. The van der Waals surface area contributed by atoms with Crippen LogP contribution >= 0.6 is 0 Å². The molecule has 2 heterocycles. The highest BCUT2D eigenvalue weighted by atomic mass is 19.1. The van der Waals surface area contributed by atoms with Crippen LogP contribution in [0.4, 0.5) is 4.39 Å². The van der Waals surface area contributed by atoms with Gasteiger partial charge < -0.3 is 4.74 Å².